The maximum Gasteiger partial charge on any atom is 0.218 e. The van der Waals surface area contributed by atoms with Crippen LogP contribution in [0.25, 0.3) is 21.8 Å². The summed E-state index contributed by atoms with van der Waals surface area (Å²) >= 11 is 0. The van der Waals surface area contributed by atoms with E-state index in [0.29, 0.717) is 30.4 Å². The average molecular weight is 718 g/mol. The van der Waals surface area contributed by atoms with E-state index in [1.165, 1.54) is 35.9 Å². The number of rotatable bonds is 12. The lowest BCUT2D eigenvalue weighted by atomic mass is 10.0. The Bertz CT molecular complexity index is 2100. The fraction of sp³-hybridized carbons (Fsp3) is 0.436. The van der Waals surface area contributed by atoms with Crippen molar-refractivity contribution in [1.82, 2.24) is 24.1 Å². The lowest BCUT2D eigenvalue weighted by Crippen LogP contribution is -2.29. The Hall–Kier alpha value is -3.48. The van der Waals surface area contributed by atoms with Gasteiger partial charge in [-0.1, -0.05) is 30.3 Å². The minimum Gasteiger partial charge on any atom is -0.361 e. The number of sulfone groups is 1. The zero-order valence-corrected chi connectivity index (χ0v) is 31.2. The number of benzene rings is 3. The predicted octanol–water partition coefficient (Wildman–Crippen LogP) is 6.02. The van der Waals surface area contributed by atoms with Crippen molar-refractivity contribution in [1.29, 1.82) is 0 Å². The van der Waals surface area contributed by atoms with Gasteiger partial charge in [-0.05, 0) is 131 Å². The van der Waals surface area contributed by atoms with Crippen LogP contribution in [0.15, 0.2) is 84.0 Å². The lowest BCUT2D eigenvalue weighted by molar-refractivity contribution is 0.310. The van der Waals surface area contributed by atoms with Gasteiger partial charge < -0.3 is 19.8 Å². The molecule has 11 heteroatoms. The maximum atomic E-state index is 12.5. The number of aromatic amines is 2. The first-order chi connectivity index (χ1) is 24.0. The summed E-state index contributed by atoms with van der Waals surface area (Å²) in [6.45, 7) is 3.49. The fourth-order valence-electron chi connectivity index (χ4n) is 7.17. The molecule has 268 valence electrons. The van der Waals surface area contributed by atoms with E-state index in [1.54, 1.807) is 28.6 Å². The van der Waals surface area contributed by atoms with Crippen molar-refractivity contribution < 1.29 is 16.8 Å². The van der Waals surface area contributed by atoms with E-state index in [4.69, 9.17) is 0 Å². The van der Waals surface area contributed by atoms with Gasteiger partial charge in [-0.2, -0.15) is 0 Å². The van der Waals surface area contributed by atoms with E-state index in [1.807, 2.05) is 36.5 Å². The Morgan fingerprint density at radius 2 is 1.40 bits per heavy atom. The first-order valence-electron chi connectivity index (χ1n) is 17.8. The molecule has 2 aliphatic heterocycles. The van der Waals surface area contributed by atoms with Gasteiger partial charge in [0.05, 0.1) is 16.4 Å². The standard InChI is InChI=1S/C22H26N2O2S.C17H25N3O2S/c1-24-12-5-6-19(24)15-18-16-23-22-10-9-17(14-21(18)22)11-13-27(25,26)20-7-3-2-4-8-20;1-19(2)10-7-15-12-18-17-6-5-14(11-16(15)17)13-23(21,22)20-8-3-4-9-20/h2-4,7-10,14,16,19,23H,5-6,11-13,15H2,1H3;5-6,11-12,18H,3-4,7-10,13H2,1-2H3/t19-;/m1./s1. The number of aromatic nitrogens is 2. The normalized spacial score (nSPS) is 17.6. The molecule has 50 heavy (non-hydrogen) atoms. The van der Waals surface area contributed by atoms with E-state index >= 15 is 0 Å². The number of hydrogen-bond acceptors (Lipinski definition) is 6. The predicted molar refractivity (Wildman–Crippen MR) is 204 cm³/mol. The third kappa shape index (κ3) is 8.87. The van der Waals surface area contributed by atoms with Crippen molar-refractivity contribution >= 4 is 41.7 Å². The lowest BCUT2D eigenvalue weighted by Gasteiger charge is -2.18. The Morgan fingerprint density at radius 1 is 0.760 bits per heavy atom. The van der Waals surface area contributed by atoms with Gasteiger partial charge in [-0.25, -0.2) is 21.1 Å². The molecule has 0 bridgehead atoms. The van der Waals surface area contributed by atoms with Crippen LogP contribution in [0.2, 0.25) is 0 Å². The molecule has 1 atom stereocenters. The number of likely N-dealkylation sites (tertiary alicyclic amines) is 1. The molecule has 0 spiro atoms. The molecule has 2 saturated heterocycles. The summed E-state index contributed by atoms with van der Waals surface area (Å²) < 4.78 is 51.7. The molecule has 2 aliphatic rings. The molecular weight excluding hydrogens is 667 g/mol. The summed E-state index contributed by atoms with van der Waals surface area (Å²) in [4.78, 5) is 11.6. The molecule has 0 aliphatic carbocycles. The number of nitrogens with zero attached hydrogens (tertiary/aromatic N) is 3. The number of hydrogen-bond donors (Lipinski definition) is 2. The van der Waals surface area contributed by atoms with Crippen LogP contribution in [-0.2, 0) is 44.9 Å². The Kier molecular flexibility index (Phi) is 11.5. The topological polar surface area (TPSA) is 110 Å². The third-order valence-electron chi connectivity index (χ3n) is 10.2. The summed E-state index contributed by atoms with van der Waals surface area (Å²) in [5, 5.41) is 2.37. The van der Waals surface area contributed by atoms with Crippen molar-refractivity contribution in [3.63, 3.8) is 0 Å². The molecule has 5 aromatic rings. The zero-order chi connectivity index (χ0) is 35.3. The van der Waals surface area contributed by atoms with E-state index in [2.05, 4.69) is 59.2 Å². The van der Waals surface area contributed by atoms with Gasteiger partial charge in [0.1, 0.15) is 0 Å². The molecule has 2 fully saturated rings. The van der Waals surface area contributed by atoms with Crippen LogP contribution in [0.5, 0.6) is 0 Å². The van der Waals surface area contributed by atoms with Crippen LogP contribution in [0.1, 0.15) is 47.9 Å². The van der Waals surface area contributed by atoms with Crippen molar-refractivity contribution in [2.75, 3.05) is 53.1 Å². The zero-order valence-electron chi connectivity index (χ0n) is 29.6. The van der Waals surface area contributed by atoms with Gasteiger partial charge in [0.15, 0.2) is 9.84 Å². The monoisotopic (exact) mass is 717 g/mol. The largest absolute Gasteiger partial charge is 0.361 e. The van der Waals surface area contributed by atoms with Crippen LogP contribution >= 0.6 is 0 Å². The van der Waals surface area contributed by atoms with Crippen LogP contribution in [0, 0.1) is 0 Å². The molecule has 0 saturated carbocycles. The van der Waals surface area contributed by atoms with Crippen molar-refractivity contribution in [3.05, 3.63) is 101 Å². The molecule has 3 aromatic carbocycles. The molecule has 9 nitrogen and oxygen atoms in total. The third-order valence-corrected chi connectivity index (χ3v) is 13.8. The molecule has 0 amide bonds. The van der Waals surface area contributed by atoms with Crippen LogP contribution in [0.4, 0.5) is 0 Å². The fourth-order valence-corrected chi connectivity index (χ4v) is 10.1. The van der Waals surface area contributed by atoms with Crippen LogP contribution in [-0.4, -0.2) is 100 Å². The van der Waals surface area contributed by atoms with Gasteiger partial charge in [0.25, 0.3) is 0 Å². The highest BCUT2D eigenvalue weighted by molar-refractivity contribution is 7.91. The van der Waals surface area contributed by atoms with Gasteiger partial charge >= 0.3 is 0 Å². The van der Waals surface area contributed by atoms with E-state index in [-0.39, 0.29) is 11.5 Å². The first kappa shape index (κ1) is 36.3. The van der Waals surface area contributed by atoms with Crippen LogP contribution in [0.3, 0.4) is 0 Å². The molecule has 0 unspecified atom stereocenters. The Balaban J connectivity index is 0.000000175. The highest BCUT2D eigenvalue weighted by Gasteiger charge is 2.26. The molecule has 2 aromatic heterocycles. The summed E-state index contributed by atoms with van der Waals surface area (Å²) in [5.41, 5.74) is 6.71. The number of H-pyrrole nitrogens is 2. The van der Waals surface area contributed by atoms with Crippen LogP contribution < -0.4 is 0 Å². The quantitative estimate of drug-likeness (QED) is 0.164. The SMILES string of the molecule is CN(C)CCc1c[nH]c2ccc(CS(=O)(=O)N3CCCC3)cc12.CN1CCC[C@@H]1Cc1c[nH]c2ccc(CCS(=O)(=O)c3ccccc3)cc12. The molecule has 4 heterocycles. The molecular formula is C39H51N5O4S2. The van der Waals surface area contributed by atoms with Gasteiger partial charge in [-0.3, -0.25) is 0 Å². The summed E-state index contributed by atoms with van der Waals surface area (Å²) in [6, 6.07) is 21.5. The highest BCUT2D eigenvalue weighted by Crippen LogP contribution is 2.27. The number of sulfonamides is 1. The van der Waals surface area contributed by atoms with Crippen molar-refractivity contribution in [3.8, 4) is 0 Å². The smallest absolute Gasteiger partial charge is 0.218 e. The Morgan fingerprint density at radius 3 is 2.06 bits per heavy atom. The number of fused-ring (bicyclic) bond motifs is 2. The second kappa shape index (κ2) is 15.8. The summed E-state index contributed by atoms with van der Waals surface area (Å²) in [7, 11) is -0.120. The maximum absolute atomic E-state index is 12.5. The Labute approximate surface area is 297 Å². The van der Waals surface area contributed by atoms with Gasteiger partial charge in [-0.15, -0.1) is 0 Å². The van der Waals surface area contributed by atoms with E-state index in [9.17, 15) is 16.8 Å². The first-order valence-corrected chi connectivity index (χ1v) is 21.0. The van der Waals surface area contributed by atoms with E-state index in [0.717, 1.165) is 59.8 Å². The number of aryl methyl sites for hydroxylation is 1. The molecule has 0 radical (unpaired) electrons. The van der Waals surface area contributed by atoms with Crippen molar-refractivity contribution in [2.45, 2.75) is 61.6 Å². The molecule has 2 N–H and O–H groups in total. The number of likely N-dealkylation sites (N-methyl/N-ethyl adjacent to an activating group) is 2. The van der Waals surface area contributed by atoms with Gasteiger partial charge in [0, 0.05) is 59.9 Å². The van der Waals surface area contributed by atoms with E-state index < -0.39 is 19.9 Å². The summed E-state index contributed by atoms with van der Waals surface area (Å²) in [6.07, 6.45) is 11.1. The second-order valence-corrected chi connectivity index (χ2v) is 18.2. The highest BCUT2D eigenvalue weighted by atomic mass is 32.2. The molecule has 7 rings (SSSR count). The summed E-state index contributed by atoms with van der Waals surface area (Å²) in [5.74, 6) is 0.231. The average Bonchev–Trinajstić information content (AvgIpc) is 3.92. The van der Waals surface area contributed by atoms with Crippen molar-refractivity contribution in [2.24, 2.45) is 0 Å². The second-order valence-electron chi connectivity index (χ2n) is 14.2. The minimum absolute atomic E-state index is 0.0985. The minimum atomic E-state index is -3.25. The van der Waals surface area contributed by atoms with Gasteiger partial charge in [0.2, 0.25) is 10.0 Å². The number of nitrogens with one attached hydrogen (secondary N) is 2.